The predicted octanol–water partition coefficient (Wildman–Crippen LogP) is 3.43. The van der Waals surface area contributed by atoms with Crippen molar-refractivity contribution in [2.75, 3.05) is 50.6 Å². The molecular weight excluding hydrogens is 463 g/mol. The lowest BCUT2D eigenvalue weighted by Gasteiger charge is -2.33. The minimum absolute atomic E-state index is 0.217. The number of aromatic nitrogens is 4. The summed E-state index contributed by atoms with van der Waals surface area (Å²) < 4.78 is 53.8. The molecule has 1 fully saturated rings. The van der Waals surface area contributed by atoms with Crippen molar-refractivity contribution in [3.8, 4) is 22.8 Å². The summed E-state index contributed by atoms with van der Waals surface area (Å²) >= 11 is 0. The lowest BCUT2D eigenvalue weighted by atomic mass is 9.96. The zero-order valence-corrected chi connectivity index (χ0v) is 19.3. The first kappa shape index (κ1) is 23.2. The third-order valence-corrected chi connectivity index (χ3v) is 6.33. The van der Waals surface area contributed by atoms with E-state index >= 15 is 0 Å². The minimum atomic E-state index is -4.47. The Balaban J connectivity index is 1.45. The van der Waals surface area contributed by atoms with Crippen molar-refractivity contribution < 1.29 is 22.6 Å². The van der Waals surface area contributed by atoms with Gasteiger partial charge in [-0.05, 0) is 17.7 Å². The molecule has 0 aliphatic carbocycles. The van der Waals surface area contributed by atoms with Gasteiger partial charge in [0.25, 0.3) is 0 Å². The first-order valence-electron chi connectivity index (χ1n) is 11.3. The molecule has 0 radical (unpaired) electrons. The number of ether oxygens (including phenoxy) is 2. The van der Waals surface area contributed by atoms with Crippen LogP contribution in [0.3, 0.4) is 0 Å². The minimum Gasteiger partial charge on any atom is -0.493 e. The van der Waals surface area contributed by atoms with Gasteiger partial charge in [-0.15, -0.1) is 0 Å². The molecule has 5 rings (SSSR count). The van der Waals surface area contributed by atoms with E-state index in [4.69, 9.17) is 9.47 Å². The van der Waals surface area contributed by atoms with Crippen LogP contribution < -0.4 is 25.0 Å². The smallest absolute Gasteiger partial charge is 0.410 e. The van der Waals surface area contributed by atoms with E-state index in [1.807, 2.05) is 0 Å². The first-order valence-corrected chi connectivity index (χ1v) is 11.3. The van der Waals surface area contributed by atoms with E-state index in [1.165, 1.54) is 14.2 Å². The van der Waals surface area contributed by atoms with E-state index in [9.17, 15) is 13.2 Å². The van der Waals surface area contributed by atoms with Gasteiger partial charge in [0.05, 0.1) is 26.0 Å². The molecular formula is C23H26F3N7O2. The number of benzene rings is 1. The number of nitrogens with zero attached hydrogens (tertiary/aromatic N) is 5. The molecule has 2 atom stereocenters. The monoisotopic (exact) mass is 489 g/mol. The molecule has 1 aromatic carbocycles. The maximum Gasteiger partial charge on any atom is 0.410 e. The summed E-state index contributed by atoms with van der Waals surface area (Å²) in [7, 11) is 3.00. The van der Waals surface area contributed by atoms with Crippen LogP contribution in [0.2, 0.25) is 0 Å². The summed E-state index contributed by atoms with van der Waals surface area (Å²) in [6, 6.07) is 4.35. The van der Waals surface area contributed by atoms with Crippen LogP contribution in [0, 0.1) is 0 Å². The van der Waals surface area contributed by atoms with Crippen molar-refractivity contribution in [1.29, 1.82) is 0 Å². The lowest BCUT2D eigenvalue weighted by Crippen LogP contribution is -2.44. The topological polar surface area (TPSA) is 89.4 Å². The van der Waals surface area contributed by atoms with Gasteiger partial charge < -0.3 is 25.0 Å². The standard InChI is InChI=1S/C23H26F3N7O2/c1-34-18-4-3-14(9-19(18)35-2)16-10-20(23(24,25)26)33-21(30-16)11-17(31-33)15-12-28-22(29-13-15)32-7-5-27-6-8-32/h3-4,9,11-13,16,20,27,30H,5-8,10H2,1-2H3. The fourth-order valence-corrected chi connectivity index (χ4v) is 4.48. The Bertz CT molecular complexity index is 1180. The van der Waals surface area contributed by atoms with Gasteiger partial charge >= 0.3 is 6.18 Å². The highest BCUT2D eigenvalue weighted by atomic mass is 19.4. The maximum atomic E-state index is 14.1. The zero-order chi connectivity index (χ0) is 24.6. The van der Waals surface area contributed by atoms with Crippen molar-refractivity contribution in [2.45, 2.75) is 24.7 Å². The fourth-order valence-electron chi connectivity index (χ4n) is 4.48. The molecule has 186 valence electrons. The summed E-state index contributed by atoms with van der Waals surface area (Å²) in [4.78, 5) is 10.9. The number of hydrogen-bond acceptors (Lipinski definition) is 8. The maximum absolute atomic E-state index is 14.1. The molecule has 0 amide bonds. The summed E-state index contributed by atoms with van der Waals surface area (Å²) in [5.74, 6) is 1.84. The molecule has 4 heterocycles. The molecule has 0 bridgehead atoms. The summed E-state index contributed by atoms with van der Waals surface area (Å²) in [6.07, 6.45) is -1.48. The Hall–Kier alpha value is -3.54. The molecule has 2 aromatic heterocycles. The van der Waals surface area contributed by atoms with Crippen LogP contribution in [-0.2, 0) is 0 Å². The molecule has 12 heteroatoms. The van der Waals surface area contributed by atoms with Crippen molar-refractivity contribution >= 4 is 11.8 Å². The van der Waals surface area contributed by atoms with Crippen LogP contribution in [-0.4, -0.2) is 66.3 Å². The largest absolute Gasteiger partial charge is 0.493 e. The van der Waals surface area contributed by atoms with Gasteiger partial charge in [-0.2, -0.15) is 18.3 Å². The van der Waals surface area contributed by atoms with Crippen molar-refractivity contribution in [2.24, 2.45) is 0 Å². The highest BCUT2D eigenvalue weighted by Gasteiger charge is 2.46. The summed E-state index contributed by atoms with van der Waals surface area (Å²) in [6.45, 7) is 3.30. The molecule has 2 N–H and O–H groups in total. The zero-order valence-electron chi connectivity index (χ0n) is 19.3. The number of methoxy groups -OCH3 is 2. The number of rotatable bonds is 5. The third kappa shape index (κ3) is 4.57. The van der Waals surface area contributed by atoms with Crippen molar-refractivity contribution in [3.63, 3.8) is 0 Å². The van der Waals surface area contributed by atoms with Gasteiger partial charge in [0, 0.05) is 56.6 Å². The number of halogens is 3. The second-order valence-electron chi connectivity index (χ2n) is 8.47. The highest BCUT2D eigenvalue weighted by molar-refractivity contribution is 5.63. The Kier molecular flexibility index (Phi) is 6.13. The normalized spacial score (nSPS) is 20.2. The number of alkyl halides is 3. The van der Waals surface area contributed by atoms with E-state index in [0.29, 0.717) is 34.3 Å². The molecule has 9 nitrogen and oxygen atoms in total. The lowest BCUT2D eigenvalue weighted by molar-refractivity contribution is -0.173. The van der Waals surface area contributed by atoms with Gasteiger partial charge in [-0.25, -0.2) is 14.6 Å². The SMILES string of the molecule is COc1ccc(C2CC(C(F)(F)F)n3nc(-c4cnc(N5CCNCC5)nc4)cc3N2)cc1OC. The van der Waals surface area contributed by atoms with E-state index in [-0.39, 0.29) is 12.2 Å². The van der Waals surface area contributed by atoms with Crippen LogP contribution >= 0.6 is 0 Å². The molecule has 0 saturated carbocycles. The third-order valence-electron chi connectivity index (χ3n) is 6.33. The van der Waals surface area contributed by atoms with E-state index in [2.05, 4.69) is 30.6 Å². The number of hydrogen-bond donors (Lipinski definition) is 2. The first-order chi connectivity index (χ1) is 16.9. The van der Waals surface area contributed by atoms with Crippen LogP contribution in [0.25, 0.3) is 11.3 Å². The molecule has 0 spiro atoms. The van der Waals surface area contributed by atoms with Gasteiger partial charge in [0.2, 0.25) is 5.95 Å². The predicted molar refractivity (Wildman–Crippen MR) is 124 cm³/mol. The van der Waals surface area contributed by atoms with Crippen LogP contribution in [0.1, 0.15) is 24.1 Å². The number of fused-ring (bicyclic) bond motifs is 1. The Morgan fingerprint density at radius 3 is 2.37 bits per heavy atom. The molecule has 35 heavy (non-hydrogen) atoms. The quantitative estimate of drug-likeness (QED) is 0.564. The number of piperazine rings is 1. The van der Waals surface area contributed by atoms with Crippen LogP contribution in [0.15, 0.2) is 36.7 Å². The van der Waals surface area contributed by atoms with Crippen molar-refractivity contribution in [1.82, 2.24) is 25.1 Å². The van der Waals surface area contributed by atoms with Gasteiger partial charge in [0.15, 0.2) is 17.5 Å². The second kappa shape index (κ2) is 9.25. The van der Waals surface area contributed by atoms with E-state index in [0.717, 1.165) is 30.9 Å². The van der Waals surface area contributed by atoms with Gasteiger partial charge in [-0.3, -0.25) is 0 Å². The molecule has 2 aliphatic heterocycles. The second-order valence-corrected chi connectivity index (χ2v) is 8.47. The fraction of sp³-hybridized carbons (Fsp3) is 0.435. The summed E-state index contributed by atoms with van der Waals surface area (Å²) in [5, 5.41) is 10.8. The molecule has 2 aliphatic rings. The van der Waals surface area contributed by atoms with Crippen LogP contribution in [0.4, 0.5) is 24.9 Å². The van der Waals surface area contributed by atoms with Crippen LogP contribution in [0.5, 0.6) is 11.5 Å². The highest BCUT2D eigenvalue weighted by Crippen LogP contribution is 2.45. The van der Waals surface area contributed by atoms with E-state index in [1.54, 1.807) is 36.7 Å². The van der Waals surface area contributed by atoms with Gasteiger partial charge in [0.1, 0.15) is 5.82 Å². The van der Waals surface area contributed by atoms with Crippen molar-refractivity contribution in [3.05, 3.63) is 42.2 Å². The number of anilines is 2. The summed E-state index contributed by atoms with van der Waals surface area (Å²) in [5.41, 5.74) is 1.59. The average molecular weight is 490 g/mol. The Morgan fingerprint density at radius 2 is 1.71 bits per heavy atom. The number of nitrogens with one attached hydrogen (secondary N) is 2. The van der Waals surface area contributed by atoms with Gasteiger partial charge in [-0.1, -0.05) is 6.07 Å². The molecule has 2 unspecified atom stereocenters. The molecule has 3 aromatic rings. The molecule has 1 saturated heterocycles. The van der Waals surface area contributed by atoms with E-state index < -0.39 is 18.3 Å². The Labute approximate surface area is 200 Å². The Morgan fingerprint density at radius 1 is 1.00 bits per heavy atom. The average Bonchev–Trinajstić information content (AvgIpc) is 3.32.